The van der Waals surface area contributed by atoms with Crippen molar-refractivity contribution < 1.29 is 4.74 Å². The molecule has 152 valence electrons. The molecule has 5 rings (SSSR count). The van der Waals surface area contributed by atoms with Crippen molar-refractivity contribution in [1.82, 2.24) is 29.7 Å². The van der Waals surface area contributed by atoms with E-state index in [9.17, 15) is 0 Å². The Kier molecular flexibility index (Phi) is 4.66. The first kappa shape index (κ1) is 18.7. The van der Waals surface area contributed by atoms with Crippen molar-refractivity contribution in [2.75, 3.05) is 24.2 Å². The minimum Gasteiger partial charge on any atom is -0.367 e. The van der Waals surface area contributed by atoms with Crippen molar-refractivity contribution in [2.45, 2.75) is 56.9 Å². The zero-order valence-electron chi connectivity index (χ0n) is 17.2. The fraction of sp³-hybridized carbons (Fsp3) is 0.550. The molecule has 9 heteroatoms. The number of aromatic nitrogens is 6. The van der Waals surface area contributed by atoms with Crippen LogP contribution in [0, 0.1) is 13.8 Å². The largest absolute Gasteiger partial charge is 0.367 e. The van der Waals surface area contributed by atoms with Crippen LogP contribution in [0.15, 0.2) is 17.4 Å². The van der Waals surface area contributed by atoms with E-state index < -0.39 is 0 Å². The van der Waals surface area contributed by atoms with E-state index >= 15 is 0 Å². The summed E-state index contributed by atoms with van der Waals surface area (Å²) >= 11 is 1.58. The lowest BCUT2D eigenvalue weighted by Gasteiger charge is -2.36. The molecule has 1 aliphatic heterocycles. The van der Waals surface area contributed by atoms with Crippen molar-refractivity contribution >= 4 is 28.9 Å². The second-order valence-corrected chi connectivity index (χ2v) is 8.72. The maximum atomic E-state index is 6.23. The van der Waals surface area contributed by atoms with Gasteiger partial charge in [0.25, 0.3) is 0 Å². The minimum absolute atomic E-state index is 0.0471. The number of hydrogen-bond donors (Lipinski definition) is 0. The van der Waals surface area contributed by atoms with Crippen molar-refractivity contribution in [3.63, 3.8) is 0 Å². The number of thioether (sulfide) groups is 1. The van der Waals surface area contributed by atoms with Gasteiger partial charge in [-0.15, -0.1) is 11.8 Å². The van der Waals surface area contributed by atoms with Gasteiger partial charge >= 0.3 is 0 Å². The molecular formula is C20H25N7OS. The van der Waals surface area contributed by atoms with Crippen LogP contribution in [0.4, 0.5) is 5.95 Å². The highest BCUT2D eigenvalue weighted by Gasteiger charge is 2.31. The SMILES string of the molecule is CSc1nc(N2C[C@@H](C)O[C@@H](c3cnn(C4CC4)c3)C2)nc2nc(C)c(C)nc12. The third-order valence-corrected chi connectivity index (χ3v) is 6.22. The molecule has 4 heterocycles. The molecule has 2 aliphatic rings. The van der Waals surface area contributed by atoms with Crippen molar-refractivity contribution in [3.05, 3.63) is 29.3 Å². The molecule has 0 unspecified atom stereocenters. The lowest BCUT2D eigenvalue weighted by Crippen LogP contribution is -2.43. The van der Waals surface area contributed by atoms with Crippen molar-refractivity contribution in [2.24, 2.45) is 0 Å². The predicted octanol–water partition coefficient (Wildman–Crippen LogP) is 3.26. The number of rotatable bonds is 4. The molecule has 0 bridgehead atoms. The molecule has 0 amide bonds. The van der Waals surface area contributed by atoms with Gasteiger partial charge in [-0.2, -0.15) is 10.1 Å². The number of nitrogens with zero attached hydrogens (tertiary/aromatic N) is 7. The number of morpholine rings is 1. The van der Waals surface area contributed by atoms with Gasteiger partial charge in [-0.05, 0) is 39.9 Å². The molecule has 2 atom stereocenters. The number of hydrogen-bond acceptors (Lipinski definition) is 8. The molecule has 3 aromatic rings. The van der Waals surface area contributed by atoms with Gasteiger partial charge in [0.2, 0.25) is 5.95 Å². The molecule has 3 aromatic heterocycles. The maximum Gasteiger partial charge on any atom is 0.228 e. The molecule has 1 aliphatic carbocycles. The average molecular weight is 412 g/mol. The summed E-state index contributed by atoms with van der Waals surface area (Å²) in [7, 11) is 0. The van der Waals surface area contributed by atoms with Crippen LogP contribution >= 0.6 is 11.8 Å². The molecule has 1 saturated carbocycles. The highest BCUT2D eigenvalue weighted by atomic mass is 32.2. The van der Waals surface area contributed by atoms with Gasteiger partial charge in [0.15, 0.2) is 5.65 Å². The third kappa shape index (κ3) is 3.57. The number of fused-ring (bicyclic) bond motifs is 1. The first-order valence-electron chi connectivity index (χ1n) is 10.0. The fourth-order valence-corrected chi connectivity index (χ4v) is 4.22. The smallest absolute Gasteiger partial charge is 0.228 e. The molecule has 1 saturated heterocycles. The standard InChI is InChI=1S/C20H25N7OS/c1-11-8-26(10-16(28-11)14-7-21-27(9-14)15-5-6-15)20-24-18-17(19(25-20)29-4)22-12(2)13(3)23-18/h7,9,11,15-16H,5-6,8,10H2,1-4H3/t11-,16-/m1/s1. The Hall–Kier alpha value is -2.26. The Labute approximate surface area is 174 Å². The van der Waals surface area contributed by atoms with Crippen molar-refractivity contribution in [3.8, 4) is 0 Å². The van der Waals surface area contributed by atoms with Crippen molar-refractivity contribution in [1.29, 1.82) is 0 Å². The minimum atomic E-state index is -0.0471. The van der Waals surface area contributed by atoms with E-state index in [4.69, 9.17) is 14.7 Å². The summed E-state index contributed by atoms with van der Waals surface area (Å²) in [5.41, 5.74) is 4.35. The maximum absolute atomic E-state index is 6.23. The lowest BCUT2D eigenvalue weighted by molar-refractivity contribution is -0.0179. The van der Waals surface area contributed by atoms with Crippen LogP contribution in [-0.4, -0.2) is 55.2 Å². The summed E-state index contributed by atoms with van der Waals surface area (Å²) in [6, 6.07) is 0.569. The summed E-state index contributed by atoms with van der Waals surface area (Å²) in [6.07, 6.45) is 8.54. The first-order valence-corrected chi connectivity index (χ1v) is 11.3. The van der Waals surface area contributed by atoms with Crippen LogP contribution in [0.3, 0.4) is 0 Å². The quantitative estimate of drug-likeness (QED) is 0.478. The van der Waals surface area contributed by atoms with Gasteiger partial charge in [0.05, 0.1) is 36.3 Å². The Morgan fingerprint density at radius 2 is 1.86 bits per heavy atom. The van der Waals surface area contributed by atoms with E-state index in [1.807, 2.05) is 26.3 Å². The topological polar surface area (TPSA) is 81.9 Å². The Morgan fingerprint density at radius 1 is 1.07 bits per heavy atom. The second kappa shape index (κ2) is 7.21. The second-order valence-electron chi connectivity index (χ2n) is 7.92. The molecule has 0 N–H and O–H groups in total. The molecule has 8 nitrogen and oxygen atoms in total. The van der Waals surface area contributed by atoms with E-state index in [1.165, 1.54) is 12.8 Å². The Morgan fingerprint density at radius 3 is 2.62 bits per heavy atom. The Balaban J connectivity index is 1.48. The predicted molar refractivity (Wildman–Crippen MR) is 112 cm³/mol. The van der Waals surface area contributed by atoms with Crippen LogP contribution in [0.5, 0.6) is 0 Å². The van der Waals surface area contributed by atoms with E-state index in [2.05, 4.69) is 37.8 Å². The highest BCUT2D eigenvalue weighted by Crippen LogP contribution is 2.36. The molecule has 0 spiro atoms. The first-order chi connectivity index (χ1) is 14.0. The van der Waals surface area contributed by atoms with Crippen LogP contribution in [0.1, 0.15) is 48.9 Å². The summed E-state index contributed by atoms with van der Waals surface area (Å²) in [4.78, 5) is 21.1. The summed E-state index contributed by atoms with van der Waals surface area (Å²) < 4.78 is 8.30. The molecule has 29 heavy (non-hydrogen) atoms. The number of anilines is 1. The van der Waals surface area contributed by atoms with E-state index in [-0.39, 0.29) is 12.2 Å². The highest BCUT2D eigenvalue weighted by molar-refractivity contribution is 7.98. The van der Waals surface area contributed by atoms with Crippen LogP contribution in [-0.2, 0) is 4.74 Å². The molecular weight excluding hydrogens is 386 g/mol. The molecule has 2 fully saturated rings. The summed E-state index contributed by atoms with van der Waals surface area (Å²) in [5.74, 6) is 0.689. The zero-order valence-corrected chi connectivity index (χ0v) is 18.0. The Bertz CT molecular complexity index is 1060. The van der Waals surface area contributed by atoms with Gasteiger partial charge in [-0.3, -0.25) is 4.68 Å². The molecule has 0 aromatic carbocycles. The molecule has 0 radical (unpaired) electrons. The van der Waals surface area contributed by atoms with E-state index in [0.29, 0.717) is 24.2 Å². The van der Waals surface area contributed by atoms with Crippen LogP contribution < -0.4 is 4.90 Å². The number of ether oxygens (including phenoxy) is 1. The third-order valence-electron chi connectivity index (χ3n) is 5.55. The lowest BCUT2D eigenvalue weighted by atomic mass is 10.1. The summed E-state index contributed by atoms with van der Waals surface area (Å²) in [5, 5.41) is 5.39. The van der Waals surface area contributed by atoms with E-state index in [0.717, 1.165) is 34.0 Å². The van der Waals surface area contributed by atoms with Gasteiger partial charge in [-0.25, -0.2) is 15.0 Å². The normalized spacial score (nSPS) is 22.4. The fourth-order valence-electron chi connectivity index (χ4n) is 3.72. The average Bonchev–Trinajstić information content (AvgIpc) is 3.44. The van der Waals surface area contributed by atoms with Crippen LogP contribution in [0.25, 0.3) is 11.2 Å². The summed E-state index contributed by atoms with van der Waals surface area (Å²) in [6.45, 7) is 7.46. The van der Waals surface area contributed by atoms with Gasteiger partial charge in [0, 0.05) is 18.3 Å². The number of aryl methyl sites for hydroxylation is 2. The monoisotopic (exact) mass is 411 g/mol. The zero-order chi connectivity index (χ0) is 20.1. The van der Waals surface area contributed by atoms with Crippen LogP contribution in [0.2, 0.25) is 0 Å². The van der Waals surface area contributed by atoms with Gasteiger partial charge < -0.3 is 9.64 Å². The van der Waals surface area contributed by atoms with Gasteiger partial charge in [0.1, 0.15) is 16.6 Å². The van der Waals surface area contributed by atoms with Gasteiger partial charge in [-0.1, -0.05) is 0 Å². The van der Waals surface area contributed by atoms with E-state index in [1.54, 1.807) is 11.8 Å².